The summed E-state index contributed by atoms with van der Waals surface area (Å²) in [5, 5.41) is 0. The van der Waals surface area contributed by atoms with Gasteiger partial charge in [0.25, 0.3) is 5.91 Å². The SMILES string of the molecule is CN(Cc1ccco1)C(=O)c1coc(CN2CCN(Cc3ccoc3)CC2)n1. The van der Waals surface area contributed by atoms with Crippen molar-refractivity contribution in [3.63, 3.8) is 0 Å². The molecule has 0 spiro atoms. The second kappa shape index (κ2) is 8.45. The summed E-state index contributed by atoms with van der Waals surface area (Å²) in [5.41, 5.74) is 1.52. The van der Waals surface area contributed by atoms with Gasteiger partial charge in [0.05, 0.1) is 31.9 Å². The van der Waals surface area contributed by atoms with Crippen molar-refractivity contribution in [2.75, 3.05) is 33.2 Å². The smallest absolute Gasteiger partial charge is 0.275 e. The molecule has 1 aliphatic heterocycles. The first-order valence-corrected chi connectivity index (χ1v) is 9.35. The lowest BCUT2D eigenvalue weighted by atomic mass is 10.2. The van der Waals surface area contributed by atoms with Crippen LogP contribution in [0.25, 0.3) is 0 Å². The molecule has 0 aliphatic carbocycles. The van der Waals surface area contributed by atoms with Gasteiger partial charge in [-0.3, -0.25) is 14.6 Å². The van der Waals surface area contributed by atoms with E-state index >= 15 is 0 Å². The van der Waals surface area contributed by atoms with E-state index in [-0.39, 0.29) is 5.91 Å². The van der Waals surface area contributed by atoms with Crippen molar-refractivity contribution in [3.8, 4) is 0 Å². The first-order chi connectivity index (χ1) is 13.7. The number of rotatable bonds is 7. The molecule has 0 aromatic carbocycles. The molecule has 8 heteroatoms. The van der Waals surface area contributed by atoms with Crippen LogP contribution in [0.3, 0.4) is 0 Å². The maximum atomic E-state index is 12.5. The molecule has 3 aromatic heterocycles. The first kappa shape index (κ1) is 18.5. The molecule has 1 saturated heterocycles. The van der Waals surface area contributed by atoms with Gasteiger partial charge < -0.3 is 18.2 Å². The fourth-order valence-corrected chi connectivity index (χ4v) is 3.32. The largest absolute Gasteiger partial charge is 0.472 e. The molecule has 0 radical (unpaired) electrons. The quantitative estimate of drug-likeness (QED) is 0.619. The van der Waals surface area contributed by atoms with Gasteiger partial charge in [-0.05, 0) is 18.2 Å². The van der Waals surface area contributed by atoms with Crippen LogP contribution in [-0.4, -0.2) is 58.8 Å². The van der Waals surface area contributed by atoms with Gasteiger partial charge in [0.15, 0.2) is 5.69 Å². The number of nitrogens with zero attached hydrogens (tertiary/aromatic N) is 4. The van der Waals surface area contributed by atoms with Crippen LogP contribution in [0.5, 0.6) is 0 Å². The number of carbonyl (C=O) groups is 1. The fraction of sp³-hybridized carbons (Fsp3) is 0.400. The van der Waals surface area contributed by atoms with Gasteiger partial charge in [0.2, 0.25) is 5.89 Å². The van der Waals surface area contributed by atoms with E-state index in [1.807, 2.05) is 12.1 Å². The Morgan fingerprint density at radius 2 is 1.86 bits per heavy atom. The molecule has 0 atom stereocenters. The van der Waals surface area contributed by atoms with Crippen molar-refractivity contribution >= 4 is 5.91 Å². The van der Waals surface area contributed by atoms with Crippen LogP contribution in [0.2, 0.25) is 0 Å². The Balaban J connectivity index is 1.26. The minimum absolute atomic E-state index is 0.184. The Kier molecular flexibility index (Phi) is 5.59. The van der Waals surface area contributed by atoms with Crippen LogP contribution in [-0.2, 0) is 19.6 Å². The van der Waals surface area contributed by atoms with Crippen LogP contribution in [0.4, 0.5) is 0 Å². The lowest BCUT2D eigenvalue weighted by Gasteiger charge is -2.33. The second-order valence-corrected chi connectivity index (χ2v) is 7.05. The van der Waals surface area contributed by atoms with Crippen LogP contribution in [0.15, 0.2) is 56.5 Å². The monoisotopic (exact) mass is 384 g/mol. The van der Waals surface area contributed by atoms with Crippen LogP contribution >= 0.6 is 0 Å². The van der Waals surface area contributed by atoms with E-state index in [9.17, 15) is 4.79 Å². The molecule has 1 amide bonds. The van der Waals surface area contributed by atoms with Crippen molar-refractivity contribution in [1.82, 2.24) is 19.7 Å². The third kappa shape index (κ3) is 4.52. The summed E-state index contributed by atoms with van der Waals surface area (Å²) in [6, 6.07) is 5.64. The molecule has 28 heavy (non-hydrogen) atoms. The number of hydrogen-bond acceptors (Lipinski definition) is 7. The lowest BCUT2D eigenvalue weighted by molar-refractivity contribution is 0.0769. The number of hydrogen-bond donors (Lipinski definition) is 0. The second-order valence-electron chi connectivity index (χ2n) is 7.05. The van der Waals surface area contributed by atoms with E-state index in [0.29, 0.717) is 24.7 Å². The minimum Gasteiger partial charge on any atom is -0.472 e. The zero-order valence-corrected chi connectivity index (χ0v) is 15.9. The maximum absolute atomic E-state index is 12.5. The Labute approximate surface area is 163 Å². The average Bonchev–Trinajstić information content (AvgIpc) is 3.46. The maximum Gasteiger partial charge on any atom is 0.275 e. The summed E-state index contributed by atoms with van der Waals surface area (Å²) in [7, 11) is 1.72. The molecule has 0 unspecified atom stereocenters. The molecule has 0 N–H and O–H groups in total. The molecular weight excluding hydrogens is 360 g/mol. The summed E-state index contributed by atoms with van der Waals surface area (Å²) in [4.78, 5) is 23.1. The first-order valence-electron chi connectivity index (χ1n) is 9.35. The summed E-state index contributed by atoms with van der Waals surface area (Å²) in [6.45, 7) is 5.72. The van der Waals surface area contributed by atoms with E-state index in [1.54, 1.807) is 36.8 Å². The third-order valence-electron chi connectivity index (χ3n) is 4.90. The standard InChI is InChI=1S/C20H24N4O4/c1-22(12-17-3-2-9-27-17)20(25)18-15-28-19(21-18)13-24-7-5-23(6-8-24)11-16-4-10-26-14-16/h2-4,9-10,14-15H,5-8,11-13H2,1H3. The zero-order valence-electron chi connectivity index (χ0n) is 15.9. The van der Waals surface area contributed by atoms with Gasteiger partial charge in [-0.1, -0.05) is 0 Å². The van der Waals surface area contributed by atoms with Crippen LogP contribution in [0, 0.1) is 0 Å². The highest BCUT2D eigenvalue weighted by molar-refractivity contribution is 5.91. The van der Waals surface area contributed by atoms with Gasteiger partial charge >= 0.3 is 0 Å². The van der Waals surface area contributed by atoms with Gasteiger partial charge in [-0.2, -0.15) is 0 Å². The predicted octanol–water partition coefficient (Wildman–Crippen LogP) is 2.45. The molecule has 3 aromatic rings. The van der Waals surface area contributed by atoms with E-state index in [0.717, 1.165) is 38.5 Å². The molecular formula is C20H24N4O4. The highest BCUT2D eigenvalue weighted by atomic mass is 16.3. The van der Waals surface area contributed by atoms with Crippen molar-refractivity contribution < 1.29 is 18.0 Å². The Hall–Kier alpha value is -2.84. The number of aromatic nitrogens is 1. The summed E-state index contributed by atoms with van der Waals surface area (Å²) < 4.78 is 15.9. The van der Waals surface area contributed by atoms with E-state index < -0.39 is 0 Å². The molecule has 0 saturated carbocycles. The average molecular weight is 384 g/mol. The number of amides is 1. The summed E-state index contributed by atoms with van der Waals surface area (Å²) in [5.74, 6) is 1.11. The third-order valence-corrected chi connectivity index (χ3v) is 4.90. The molecule has 0 bridgehead atoms. The number of piperazine rings is 1. The van der Waals surface area contributed by atoms with Crippen molar-refractivity contribution in [2.45, 2.75) is 19.6 Å². The zero-order chi connectivity index (χ0) is 19.3. The van der Waals surface area contributed by atoms with Gasteiger partial charge in [0, 0.05) is 45.3 Å². The van der Waals surface area contributed by atoms with Gasteiger partial charge in [0.1, 0.15) is 12.0 Å². The van der Waals surface area contributed by atoms with Gasteiger partial charge in [-0.25, -0.2) is 4.98 Å². The number of oxazole rings is 1. The number of carbonyl (C=O) groups excluding carboxylic acids is 1. The van der Waals surface area contributed by atoms with Crippen LogP contribution in [0.1, 0.15) is 27.7 Å². The van der Waals surface area contributed by atoms with Gasteiger partial charge in [-0.15, -0.1) is 0 Å². The van der Waals surface area contributed by atoms with E-state index in [4.69, 9.17) is 13.3 Å². The van der Waals surface area contributed by atoms with Crippen molar-refractivity contribution in [3.05, 3.63) is 66.2 Å². The molecule has 148 valence electrons. The minimum atomic E-state index is -0.184. The molecule has 1 fully saturated rings. The Morgan fingerprint density at radius 3 is 2.54 bits per heavy atom. The van der Waals surface area contributed by atoms with E-state index in [1.165, 1.54) is 11.8 Å². The molecule has 1 aliphatic rings. The summed E-state index contributed by atoms with van der Waals surface area (Å²) in [6.07, 6.45) is 6.53. The van der Waals surface area contributed by atoms with Crippen LogP contribution < -0.4 is 0 Å². The molecule has 8 nitrogen and oxygen atoms in total. The number of furan rings is 2. The molecule has 4 rings (SSSR count). The topological polar surface area (TPSA) is 79.1 Å². The Morgan fingerprint density at radius 1 is 1.07 bits per heavy atom. The van der Waals surface area contributed by atoms with Crippen molar-refractivity contribution in [2.24, 2.45) is 0 Å². The normalized spacial score (nSPS) is 15.8. The summed E-state index contributed by atoms with van der Waals surface area (Å²) >= 11 is 0. The highest BCUT2D eigenvalue weighted by Gasteiger charge is 2.21. The Bertz CT molecular complexity index is 864. The predicted molar refractivity (Wildman–Crippen MR) is 100 cm³/mol. The lowest BCUT2D eigenvalue weighted by Crippen LogP contribution is -2.45. The van der Waals surface area contributed by atoms with E-state index in [2.05, 4.69) is 14.8 Å². The molecule has 4 heterocycles. The van der Waals surface area contributed by atoms with Crippen molar-refractivity contribution in [1.29, 1.82) is 0 Å². The highest BCUT2D eigenvalue weighted by Crippen LogP contribution is 2.13. The fourth-order valence-electron chi connectivity index (χ4n) is 3.32.